The molecule has 1 aliphatic heterocycles. The Morgan fingerprint density at radius 3 is 2.62 bits per heavy atom. The van der Waals surface area contributed by atoms with Crippen LogP contribution in [0, 0.1) is 0 Å². The van der Waals surface area contributed by atoms with E-state index in [1.807, 2.05) is 49.9 Å². The highest BCUT2D eigenvalue weighted by molar-refractivity contribution is 5.97. The number of carbonyl (C=O) groups is 3. The quantitative estimate of drug-likeness (QED) is 0.746. The van der Waals surface area contributed by atoms with E-state index in [0.29, 0.717) is 6.42 Å². The van der Waals surface area contributed by atoms with Gasteiger partial charge in [0, 0.05) is 24.8 Å². The molecule has 7 heteroatoms. The van der Waals surface area contributed by atoms with Crippen LogP contribution in [-0.4, -0.2) is 43.5 Å². The third-order valence-corrected chi connectivity index (χ3v) is 4.84. The average Bonchev–Trinajstić information content (AvgIpc) is 2.63. The van der Waals surface area contributed by atoms with Gasteiger partial charge in [-0.15, -0.1) is 0 Å². The van der Waals surface area contributed by atoms with E-state index in [1.54, 1.807) is 0 Å². The van der Waals surface area contributed by atoms with Gasteiger partial charge in [-0.2, -0.15) is 0 Å². The molecule has 0 spiro atoms. The van der Waals surface area contributed by atoms with Gasteiger partial charge >= 0.3 is 6.03 Å². The van der Waals surface area contributed by atoms with Crippen LogP contribution >= 0.6 is 0 Å². The zero-order chi connectivity index (χ0) is 19.3. The molecule has 7 nitrogen and oxygen atoms in total. The van der Waals surface area contributed by atoms with Gasteiger partial charge in [-0.05, 0) is 38.3 Å². The summed E-state index contributed by atoms with van der Waals surface area (Å²) in [5.41, 5.74) is 1.78. The summed E-state index contributed by atoms with van der Waals surface area (Å²) in [4.78, 5) is 38.2. The van der Waals surface area contributed by atoms with Gasteiger partial charge in [0.05, 0.1) is 12.5 Å². The second kappa shape index (κ2) is 8.69. The molecular weight excluding hydrogens is 332 g/mol. The third kappa shape index (κ3) is 4.53. The second-order valence-corrected chi connectivity index (χ2v) is 6.77. The fourth-order valence-electron chi connectivity index (χ4n) is 3.19. The Kier molecular flexibility index (Phi) is 6.60. The Morgan fingerprint density at radius 2 is 1.96 bits per heavy atom. The van der Waals surface area contributed by atoms with Gasteiger partial charge in [0.2, 0.25) is 11.8 Å². The van der Waals surface area contributed by atoms with E-state index in [1.165, 1.54) is 7.05 Å². The Bertz CT molecular complexity index is 677. The minimum absolute atomic E-state index is 0.00646. The molecule has 3 atom stereocenters. The number of urea groups is 1. The zero-order valence-electron chi connectivity index (χ0n) is 15.8. The first kappa shape index (κ1) is 19.8. The molecule has 26 heavy (non-hydrogen) atoms. The van der Waals surface area contributed by atoms with E-state index < -0.39 is 6.03 Å². The molecule has 1 heterocycles. The van der Waals surface area contributed by atoms with E-state index in [2.05, 4.69) is 16.0 Å². The molecule has 4 amide bonds. The lowest BCUT2D eigenvalue weighted by atomic mass is 9.85. The standard InChI is InChI=1S/C19H28N4O3/c1-5-12(2)21-18(25)15-10-13(3)23(11-17(24)22-19(26)20-4)16-9-7-6-8-14(15)16/h6-9,12-13,15H,5,10-11H2,1-4H3,(H,21,25)(H2,20,22,24,26)/t12-,13+,15+/m0/s1. The smallest absolute Gasteiger partial charge is 0.321 e. The molecule has 0 unspecified atom stereocenters. The van der Waals surface area contributed by atoms with Crippen LogP contribution in [0.2, 0.25) is 0 Å². The topological polar surface area (TPSA) is 90.5 Å². The van der Waals surface area contributed by atoms with Crippen molar-refractivity contribution in [3.8, 4) is 0 Å². The highest BCUT2D eigenvalue weighted by Gasteiger charge is 2.35. The number of nitrogens with one attached hydrogen (secondary N) is 3. The van der Waals surface area contributed by atoms with Crippen LogP contribution in [0.15, 0.2) is 24.3 Å². The molecular formula is C19H28N4O3. The minimum atomic E-state index is -0.529. The van der Waals surface area contributed by atoms with Crippen LogP contribution in [0.4, 0.5) is 10.5 Å². The first-order chi connectivity index (χ1) is 12.4. The molecule has 0 fully saturated rings. The Hall–Kier alpha value is -2.57. The fourth-order valence-corrected chi connectivity index (χ4v) is 3.19. The van der Waals surface area contributed by atoms with Crippen LogP contribution in [0.5, 0.6) is 0 Å². The second-order valence-electron chi connectivity index (χ2n) is 6.77. The maximum absolute atomic E-state index is 12.7. The number of anilines is 1. The molecule has 0 aliphatic carbocycles. The predicted molar refractivity (Wildman–Crippen MR) is 101 cm³/mol. The van der Waals surface area contributed by atoms with Gasteiger partial charge in [0.25, 0.3) is 0 Å². The lowest BCUT2D eigenvalue weighted by Gasteiger charge is -2.40. The first-order valence-corrected chi connectivity index (χ1v) is 9.04. The van der Waals surface area contributed by atoms with Crippen molar-refractivity contribution in [1.29, 1.82) is 0 Å². The molecule has 0 aromatic heterocycles. The molecule has 1 aromatic carbocycles. The SMILES string of the molecule is CC[C@H](C)NC(=O)[C@@H]1C[C@@H](C)N(CC(=O)NC(=O)NC)c2ccccc21. The number of hydrogen-bond donors (Lipinski definition) is 3. The first-order valence-electron chi connectivity index (χ1n) is 9.04. The number of para-hydroxylation sites is 1. The van der Waals surface area contributed by atoms with Gasteiger partial charge in [0.15, 0.2) is 0 Å². The number of hydrogen-bond acceptors (Lipinski definition) is 4. The molecule has 1 aromatic rings. The van der Waals surface area contributed by atoms with Gasteiger partial charge < -0.3 is 15.5 Å². The summed E-state index contributed by atoms with van der Waals surface area (Å²) >= 11 is 0. The normalized spacial score (nSPS) is 19.9. The number of benzene rings is 1. The molecule has 0 saturated carbocycles. The number of rotatable bonds is 5. The number of carbonyl (C=O) groups excluding carboxylic acids is 3. The highest BCUT2D eigenvalue weighted by atomic mass is 16.2. The molecule has 1 aliphatic rings. The fraction of sp³-hybridized carbons (Fsp3) is 0.526. The summed E-state index contributed by atoms with van der Waals surface area (Å²) in [5.74, 6) is -0.602. The molecule has 0 radical (unpaired) electrons. The summed E-state index contributed by atoms with van der Waals surface area (Å²) in [6.07, 6.45) is 1.49. The highest BCUT2D eigenvalue weighted by Crippen LogP contribution is 2.38. The average molecular weight is 360 g/mol. The van der Waals surface area contributed by atoms with Gasteiger partial charge in [-0.1, -0.05) is 25.1 Å². The monoisotopic (exact) mass is 360 g/mol. The van der Waals surface area contributed by atoms with Gasteiger partial charge in [-0.3, -0.25) is 14.9 Å². The van der Waals surface area contributed by atoms with E-state index in [9.17, 15) is 14.4 Å². The van der Waals surface area contributed by atoms with E-state index in [4.69, 9.17) is 0 Å². The molecule has 0 saturated heterocycles. The summed E-state index contributed by atoms with van der Waals surface area (Å²) < 4.78 is 0. The summed E-state index contributed by atoms with van der Waals surface area (Å²) in [6.45, 7) is 6.08. The van der Waals surface area contributed by atoms with Crippen LogP contribution < -0.4 is 20.9 Å². The molecule has 142 valence electrons. The lowest BCUT2D eigenvalue weighted by molar-refractivity contribution is -0.123. The summed E-state index contributed by atoms with van der Waals surface area (Å²) in [6, 6.07) is 7.24. The van der Waals surface area contributed by atoms with E-state index >= 15 is 0 Å². The number of nitrogens with zero attached hydrogens (tertiary/aromatic N) is 1. The van der Waals surface area contributed by atoms with Crippen LogP contribution in [0.25, 0.3) is 0 Å². The number of fused-ring (bicyclic) bond motifs is 1. The minimum Gasteiger partial charge on any atom is -0.359 e. The summed E-state index contributed by atoms with van der Waals surface area (Å²) in [5, 5.41) is 7.71. The van der Waals surface area contributed by atoms with Gasteiger partial charge in [0.1, 0.15) is 0 Å². The van der Waals surface area contributed by atoms with Crippen molar-refractivity contribution >= 4 is 23.5 Å². The molecule has 2 rings (SSSR count). The Labute approximate surface area is 154 Å². The Balaban J connectivity index is 2.22. The predicted octanol–water partition coefficient (Wildman–Crippen LogP) is 1.74. The Morgan fingerprint density at radius 1 is 1.27 bits per heavy atom. The zero-order valence-corrected chi connectivity index (χ0v) is 15.8. The van der Waals surface area contributed by atoms with Crippen LogP contribution in [0.3, 0.4) is 0 Å². The van der Waals surface area contributed by atoms with Crippen molar-refractivity contribution in [1.82, 2.24) is 16.0 Å². The van der Waals surface area contributed by atoms with E-state index in [0.717, 1.165) is 17.7 Å². The van der Waals surface area contributed by atoms with Crippen molar-refractivity contribution < 1.29 is 14.4 Å². The number of imide groups is 1. The van der Waals surface area contributed by atoms with Crippen molar-refractivity contribution in [2.45, 2.75) is 51.6 Å². The van der Waals surface area contributed by atoms with Crippen LogP contribution in [-0.2, 0) is 9.59 Å². The van der Waals surface area contributed by atoms with Crippen molar-refractivity contribution in [3.05, 3.63) is 29.8 Å². The van der Waals surface area contributed by atoms with E-state index in [-0.39, 0.29) is 36.4 Å². The lowest BCUT2D eigenvalue weighted by Crippen LogP contribution is -2.49. The molecule has 0 bridgehead atoms. The third-order valence-electron chi connectivity index (χ3n) is 4.84. The van der Waals surface area contributed by atoms with Crippen molar-refractivity contribution in [2.75, 3.05) is 18.5 Å². The molecule has 3 N–H and O–H groups in total. The van der Waals surface area contributed by atoms with Crippen molar-refractivity contribution in [2.24, 2.45) is 0 Å². The summed E-state index contributed by atoms with van der Waals surface area (Å²) in [7, 11) is 1.46. The van der Waals surface area contributed by atoms with Crippen molar-refractivity contribution in [3.63, 3.8) is 0 Å². The largest absolute Gasteiger partial charge is 0.359 e. The maximum Gasteiger partial charge on any atom is 0.321 e. The van der Waals surface area contributed by atoms with Crippen LogP contribution in [0.1, 0.15) is 45.1 Å². The van der Waals surface area contributed by atoms with Gasteiger partial charge in [-0.25, -0.2) is 4.79 Å². The number of amides is 4. The maximum atomic E-state index is 12.7.